The van der Waals surface area contributed by atoms with Crippen molar-refractivity contribution in [1.29, 1.82) is 0 Å². The van der Waals surface area contributed by atoms with Gasteiger partial charge in [0.2, 0.25) is 0 Å². The minimum Gasteiger partial charge on any atom is -0.300 e. The first-order valence-corrected chi connectivity index (χ1v) is 7.30. The molecule has 1 aromatic carbocycles. The van der Waals surface area contributed by atoms with E-state index in [2.05, 4.69) is 31.2 Å². The molecule has 3 atom stereocenters. The number of benzene rings is 1. The van der Waals surface area contributed by atoms with Crippen molar-refractivity contribution in [3.63, 3.8) is 0 Å². The topological polar surface area (TPSA) is 17.1 Å². The van der Waals surface area contributed by atoms with Gasteiger partial charge in [-0.1, -0.05) is 29.8 Å². The molecule has 96 valence electrons. The molecule has 1 aromatic rings. The van der Waals surface area contributed by atoms with Crippen LogP contribution in [0.5, 0.6) is 0 Å². The van der Waals surface area contributed by atoms with Gasteiger partial charge in [0.15, 0.2) is 0 Å². The van der Waals surface area contributed by atoms with E-state index in [1.54, 1.807) is 0 Å². The van der Waals surface area contributed by atoms with Crippen molar-refractivity contribution >= 4 is 5.78 Å². The molecule has 0 aromatic heterocycles. The van der Waals surface area contributed by atoms with Crippen molar-refractivity contribution in [1.82, 2.24) is 0 Å². The molecule has 3 rings (SSSR count). The molecule has 0 radical (unpaired) electrons. The van der Waals surface area contributed by atoms with E-state index in [1.807, 2.05) is 0 Å². The van der Waals surface area contributed by atoms with Crippen LogP contribution in [0, 0.1) is 18.8 Å². The normalized spacial score (nSPS) is 32.1. The second-order valence-corrected chi connectivity index (χ2v) is 6.22. The van der Waals surface area contributed by atoms with E-state index in [4.69, 9.17) is 0 Å². The van der Waals surface area contributed by atoms with Crippen LogP contribution >= 0.6 is 0 Å². The van der Waals surface area contributed by atoms with Crippen LogP contribution < -0.4 is 0 Å². The molecule has 0 bridgehead atoms. The molecule has 0 amide bonds. The lowest BCUT2D eigenvalue weighted by molar-refractivity contribution is -0.123. The monoisotopic (exact) mass is 242 g/mol. The summed E-state index contributed by atoms with van der Waals surface area (Å²) in [6.45, 7) is 2.15. The summed E-state index contributed by atoms with van der Waals surface area (Å²) in [5.41, 5.74) is 2.85. The van der Waals surface area contributed by atoms with Gasteiger partial charge in [-0.2, -0.15) is 0 Å². The predicted molar refractivity (Wildman–Crippen MR) is 73.6 cm³/mol. The molecule has 1 heteroatoms. The first-order valence-electron chi connectivity index (χ1n) is 7.30. The number of ketones is 1. The Kier molecular flexibility index (Phi) is 3.23. The Morgan fingerprint density at radius 1 is 1.00 bits per heavy atom. The number of hydrogen-bond acceptors (Lipinski definition) is 1. The third-order valence-electron chi connectivity index (χ3n) is 4.97. The largest absolute Gasteiger partial charge is 0.300 e. The molecular formula is C17H22O. The van der Waals surface area contributed by atoms with Crippen LogP contribution in [0.2, 0.25) is 0 Å². The summed E-state index contributed by atoms with van der Waals surface area (Å²) in [4.78, 5) is 11.5. The van der Waals surface area contributed by atoms with Crippen LogP contribution in [0.25, 0.3) is 0 Å². The molecule has 0 saturated heterocycles. The molecule has 0 aliphatic heterocycles. The number of carbonyl (C=O) groups excluding carboxylic acids is 1. The highest BCUT2D eigenvalue weighted by molar-refractivity contribution is 5.79. The third-order valence-corrected chi connectivity index (χ3v) is 4.97. The molecule has 1 nitrogen and oxygen atoms in total. The second kappa shape index (κ2) is 4.87. The van der Waals surface area contributed by atoms with Gasteiger partial charge in [0, 0.05) is 12.8 Å². The van der Waals surface area contributed by atoms with Gasteiger partial charge < -0.3 is 0 Å². The maximum atomic E-state index is 11.5. The van der Waals surface area contributed by atoms with E-state index in [0.29, 0.717) is 11.7 Å². The smallest absolute Gasteiger partial charge is 0.133 e. The molecule has 2 aliphatic carbocycles. The molecule has 18 heavy (non-hydrogen) atoms. The summed E-state index contributed by atoms with van der Waals surface area (Å²) < 4.78 is 0. The Labute approximate surface area is 110 Å². The van der Waals surface area contributed by atoms with Gasteiger partial charge >= 0.3 is 0 Å². The number of hydrogen-bond donors (Lipinski definition) is 0. The fourth-order valence-corrected chi connectivity index (χ4v) is 3.83. The first kappa shape index (κ1) is 12.0. The van der Waals surface area contributed by atoms with Crippen molar-refractivity contribution in [2.75, 3.05) is 0 Å². The van der Waals surface area contributed by atoms with Gasteiger partial charge in [-0.15, -0.1) is 0 Å². The van der Waals surface area contributed by atoms with E-state index in [-0.39, 0.29) is 0 Å². The first-order chi connectivity index (χ1) is 8.72. The van der Waals surface area contributed by atoms with Gasteiger partial charge in [-0.25, -0.2) is 0 Å². The van der Waals surface area contributed by atoms with Crippen LogP contribution in [-0.4, -0.2) is 5.78 Å². The number of fused-ring (bicyclic) bond motifs is 1. The SMILES string of the molecule is Cc1ccc(C2CCC3CC(=O)CCC3C2)cc1. The molecular weight excluding hydrogens is 220 g/mol. The summed E-state index contributed by atoms with van der Waals surface area (Å²) in [7, 11) is 0. The van der Waals surface area contributed by atoms with Crippen LogP contribution in [0.1, 0.15) is 55.6 Å². The van der Waals surface area contributed by atoms with Gasteiger partial charge in [0.1, 0.15) is 5.78 Å². The highest BCUT2D eigenvalue weighted by Crippen LogP contribution is 2.45. The van der Waals surface area contributed by atoms with Crippen LogP contribution in [0.4, 0.5) is 0 Å². The number of carbonyl (C=O) groups is 1. The Morgan fingerprint density at radius 2 is 1.78 bits per heavy atom. The zero-order chi connectivity index (χ0) is 12.5. The number of aryl methyl sites for hydroxylation is 1. The summed E-state index contributed by atoms with van der Waals surface area (Å²) in [5.74, 6) is 2.75. The maximum absolute atomic E-state index is 11.5. The number of Topliss-reactive ketones (excluding diaryl/α,β-unsaturated/α-hetero) is 1. The van der Waals surface area contributed by atoms with Gasteiger partial charge in [0.25, 0.3) is 0 Å². The van der Waals surface area contributed by atoms with E-state index in [9.17, 15) is 4.79 Å². The van der Waals surface area contributed by atoms with Crippen LogP contribution in [0.15, 0.2) is 24.3 Å². The van der Waals surface area contributed by atoms with Gasteiger partial charge in [0.05, 0.1) is 0 Å². The van der Waals surface area contributed by atoms with Crippen molar-refractivity contribution in [2.24, 2.45) is 11.8 Å². The fourth-order valence-electron chi connectivity index (χ4n) is 3.83. The average Bonchev–Trinajstić information content (AvgIpc) is 2.39. The van der Waals surface area contributed by atoms with Gasteiger partial charge in [-0.3, -0.25) is 4.79 Å². The molecule has 2 fully saturated rings. The zero-order valence-corrected chi connectivity index (χ0v) is 11.2. The van der Waals surface area contributed by atoms with E-state index in [1.165, 1.54) is 30.4 Å². The Hall–Kier alpha value is -1.11. The van der Waals surface area contributed by atoms with Crippen molar-refractivity contribution < 1.29 is 4.79 Å². The van der Waals surface area contributed by atoms with Crippen LogP contribution in [0.3, 0.4) is 0 Å². The minimum absolute atomic E-state index is 0.505. The lowest BCUT2D eigenvalue weighted by Crippen LogP contribution is -2.30. The van der Waals surface area contributed by atoms with Crippen LogP contribution in [-0.2, 0) is 4.79 Å². The summed E-state index contributed by atoms with van der Waals surface area (Å²) in [6.07, 6.45) is 6.69. The second-order valence-electron chi connectivity index (χ2n) is 6.22. The van der Waals surface area contributed by atoms with E-state index < -0.39 is 0 Å². The van der Waals surface area contributed by atoms with E-state index >= 15 is 0 Å². The summed E-state index contributed by atoms with van der Waals surface area (Å²) >= 11 is 0. The Morgan fingerprint density at radius 3 is 2.56 bits per heavy atom. The Bertz CT molecular complexity index is 431. The third kappa shape index (κ3) is 2.36. The molecule has 2 aliphatic rings. The molecule has 2 saturated carbocycles. The number of rotatable bonds is 1. The van der Waals surface area contributed by atoms with Crippen molar-refractivity contribution in [3.05, 3.63) is 35.4 Å². The fraction of sp³-hybridized carbons (Fsp3) is 0.588. The maximum Gasteiger partial charge on any atom is 0.133 e. The lowest BCUT2D eigenvalue weighted by atomic mass is 9.66. The standard InChI is InChI=1S/C17H22O/c1-12-2-4-13(5-3-12)14-6-7-16-11-17(18)9-8-15(16)10-14/h2-5,14-16H,6-11H2,1H3. The molecule has 3 unspecified atom stereocenters. The van der Waals surface area contributed by atoms with Gasteiger partial charge in [-0.05, 0) is 55.9 Å². The predicted octanol–water partition coefficient (Wildman–Crippen LogP) is 4.25. The zero-order valence-electron chi connectivity index (χ0n) is 11.2. The lowest BCUT2D eigenvalue weighted by Gasteiger charge is -2.39. The van der Waals surface area contributed by atoms with Crippen molar-refractivity contribution in [2.45, 2.75) is 51.4 Å². The highest BCUT2D eigenvalue weighted by atomic mass is 16.1. The highest BCUT2D eigenvalue weighted by Gasteiger charge is 2.35. The summed E-state index contributed by atoms with van der Waals surface area (Å²) in [5, 5.41) is 0. The molecule has 0 N–H and O–H groups in total. The quantitative estimate of drug-likeness (QED) is 0.719. The average molecular weight is 242 g/mol. The van der Waals surface area contributed by atoms with Crippen molar-refractivity contribution in [3.8, 4) is 0 Å². The summed E-state index contributed by atoms with van der Waals surface area (Å²) in [6, 6.07) is 9.06. The Balaban J connectivity index is 1.70. The van der Waals surface area contributed by atoms with E-state index in [0.717, 1.165) is 31.1 Å². The minimum atomic E-state index is 0.505. The molecule has 0 heterocycles. The molecule has 0 spiro atoms.